The quantitative estimate of drug-likeness (QED) is 0.821. The number of nitrogens with zero attached hydrogens (tertiary/aromatic N) is 2. The Morgan fingerprint density at radius 1 is 1.45 bits per heavy atom. The fourth-order valence-electron chi connectivity index (χ4n) is 2.45. The highest BCUT2D eigenvalue weighted by atomic mass is 16.5. The lowest BCUT2D eigenvalue weighted by Crippen LogP contribution is -2.16. The van der Waals surface area contributed by atoms with Gasteiger partial charge in [-0.1, -0.05) is 18.2 Å². The van der Waals surface area contributed by atoms with Crippen LogP contribution < -0.4 is 10.1 Å². The number of aryl methyl sites for hydroxylation is 1. The monoisotopic (exact) mass is 273 g/mol. The van der Waals surface area contributed by atoms with Crippen LogP contribution in [-0.4, -0.2) is 29.9 Å². The number of aromatic nitrogens is 2. The maximum Gasteiger partial charge on any atom is 0.203 e. The molecule has 0 spiro atoms. The second kappa shape index (κ2) is 5.96. The van der Waals surface area contributed by atoms with E-state index in [1.54, 1.807) is 7.11 Å². The average Bonchev–Trinajstić information content (AvgIpc) is 3.08. The number of hydrogen-bond acceptors (Lipinski definition) is 4. The standard InChI is InChI=1S/C15H19N3O2/c1-19-10-4-8-18-9-7-16-15(18)17-13-11-20-14-6-3-2-5-12(13)14/h2-3,5-7,9,13H,4,8,10-11H2,1H3,(H,16,17). The minimum Gasteiger partial charge on any atom is -0.491 e. The number of benzene rings is 1. The normalized spacial score (nSPS) is 16.8. The maximum absolute atomic E-state index is 5.68. The molecule has 0 saturated carbocycles. The molecule has 20 heavy (non-hydrogen) atoms. The number of para-hydroxylation sites is 1. The third kappa shape index (κ3) is 2.63. The molecule has 5 heteroatoms. The molecule has 0 bridgehead atoms. The van der Waals surface area contributed by atoms with Crippen molar-refractivity contribution < 1.29 is 9.47 Å². The van der Waals surface area contributed by atoms with Gasteiger partial charge in [-0.3, -0.25) is 0 Å². The van der Waals surface area contributed by atoms with E-state index in [0.29, 0.717) is 6.61 Å². The zero-order valence-corrected chi connectivity index (χ0v) is 11.6. The van der Waals surface area contributed by atoms with E-state index >= 15 is 0 Å². The second-order valence-electron chi connectivity index (χ2n) is 4.84. The third-order valence-electron chi connectivity index (χ3n) is 3.47. The van der Waals surface area contributed by atoms with Crippen molar-refractivity contribution in [3.8, 4) is 5.75 Å². The fraction of sp³-hybridized carbons (Fsp3) is 0.400. The molecule has 2 aromatic rings. The van der Waals surface area contributed by atoms with Gasteiger partial charge in [0.15, 0.2) is 0 Å². The van der Waals surface area contributed by atoms with Crippen molar-refractivity contribution in [3.05, 3.63) is 42.2 Å². The van der Waals surface area contributed by atoms with Crippen LogP contribution in [0.2, 0.25) is 0 Å². The van der Waals surface area contributed by atoms with Crippen molar-refractivity contribution in [2.75, 3.05) is 25.6 Å². The maximum atomic E-state index is 5.68. The van der Waals surface area contributed by atoms with Crippen LogP contribution in [0.25, 0.3) is 0 Å². The predicted octanol–water partition coefficient (Wildman–Crippen LogP) is 2.47. The summed E-state index contributed by atoms with van der Waals surface area (Å²) in [6, 6.07) is 8.29. The number of imidazole rings is 1. The van der Waals surface area contributed by atoms with Crippen molar-refractivity contribution in [1.82, 2.24) is 9.55 Å². The first-order valence-electron chi connectivity index (χ1n) is 6.87. The van der Waals surface area contributed by atoms with Crippen LogP contribution in [0, 0.1) is 0 Å². The van der Waals surface area contributed by atoms with Crippen molar-refractivity contribution in [3.63, 3.8) is 0 Å². The number of hydrogen-bond donors (Lipinski definition) is 1. The molecular weight excluding hydrogens is 254 g/mol. The van der Waals surface area contributed by atoms with Crippen molar-refractivity contribution in [2.45, 2.75) is 19.0 Å². The number of fused-ring (bicyclic) bond motifs is 1. The third-order valence-corrected chi connectivity index (χ3v) is 3.47. The summed E-state index contributed by atoms with van der Waals surface area (Å²) in [5.41, 5.74) is 1.19. The molecule has 3 rings (SSSR count). The highest BCUT2D eigenvalue weighted by molar-refractivity contribution is 5.44. The van der Waals surface area contributed by atoms with E-state index in [9.17, 15) is 0 Å². The molecule has 1 aromatic heterocycles. The molecule has 106 valence electrons. The van der Waals surface area contributed by atoms with Gasteiger partial charge in [0.1, 0.15) is 12.4 Å². The van der Waals surface area contributed by atoms with Crippen LogP contribution in [0.4, 0.5) is 5.95 Å². The molecule has 1 unspecified atom stereocenters. The Balaban J connectivity index is 1.69. The minimum absolute atomic E-state index is 0.162. The Morgan fingerprint density at radius 2 is 2.35 bits per heavy atom. The van der Waals surface area contributed by atoms with Gasteiger partial charge in [0, 0.05) is 38.2 Å². The zero-order valence-electron chi connectivity index (χ0n) is 11.6. The molecule has 2 heterocycles. The lowest BCUT2D eigenvalue weighted by molar-refractivity contribution is 0.190. The van der Waals surface area contributed by atoms with E-state index in [1.165, 1.54) is 5.56 Å². The summed E-state index contributed by atoms with van der Waals surface area (Å²) in [4.78, 5) is 4.39. The van der Waals surface area contributed by atoms with Crippen molar-refractivity contribution in [2.24, 2.45) is 0 Å². The number of anilines is 1. The molecule has 5 nitrogen and oxygen atoms in total. The molecule has 0 saturated heterocycles. The van der Waals surface area contributed by atoms with Gasteiger partial charge >= 0.3 is 0 Å². The molecule has 0 fully saturated rings. The number of rotatable bonds is 6. The number of methoxy groups -OCH3 is 1. The molecule has 1 N–H and O–H groups in total. The fourth-order valence-corrected chi connectivity index (χ4v) is 2.45. The van der Waals surface area contributed by atoms with Crippen LogP contribution in [0.15, 0.2) is 36.7 Å². The average molecular weight is 273 g/mol. The van der Waals surface area contributed by atoms with E-state index in [2.05, 4.69) is 20.9 Å². The minimum atomic E-state index is 0.162. The van der Waals surface area contributed by atoms with Gasteiger partial charge in [-0.15, -0.1) is 0 Å². The van der Waals surface area contributed by atoms with Crippen LogP contribution >= 0.6 is 0 Å². The number of nitrogens with one attached hydrogen (secondary N) is 1. The molecule has 1 aromatic carbocycles. The van der Waals surface area contributed by atoms with Crippen LogP contribution in [0.1, 0.15) is 18.0 Å². The molecular formula is C15H19N3O2. The van der Waals surface area contributed by atoms with E-state index < -0.39 is 0 Å². The topological polar surface area (TPSA) is 48.3 Å². The van der Waals surface area contributed by atoms with Crippen molar-refractivity contribution in [1.29, 1.82) is 0 Å². The molecule has 1 aliphatic heterocycles. The summed E-state index contributed by atoms with van der Waals surface area (Å²) in [5, 5.41) is 3.46. The summed E-state index contributed by atoms with van der Waals surface area (Å²) < 4.78 is 12.9. The Kier molecular flexibility index (Phi) is 3.87. The summed E-state index contributed by atoms with van der Waals surface area (Å²) >= 11 is 0. The highest BCUT2D eigenvalue weighted by Crippen LogP contribution is 2.33. The highest BCUT2D eigenvalue weighted by Gasteiger charge is 2.24. The van der Waals surface area contributed by atoms with Crippen LogP contribution in [-0.2, 0) is 11.3 Å². The first kappa shape index (κ1) is 13.0. The van der Waals surface area contributed by atoms with E-state index in [1.807, 2.05) is 30.6 Å². The van der Waals surface area contributed by atoms with Gasteiger partial charge in [0.05, 0.1) is 6.04 Å². The van der Waals surface area contributed by atoms with Gasteiger partial charge in [-0.05, 0) is 12.5 Å². The molecule has 1 atom stereocenters. The summed E-state index contributed by atoms with van der Waals surface area (Å²) in [6.45, 7) is 2.29. The Labute approximate surface area is 118 Å². The Hall–Kier alpha value is -2.01. The van der Waals surface area contributed by atoms with Gasteiger partial charge in [0.2, 0.25) is 5.95 Å². The lowest BCUT2D eigenvalue weighted by Gasteiger charge is -2.14. The van der Waals surface area contributed by atoms with E-state index in [-0.39, 0.29) is 6.04 Å². The van der Waals surface area contributed by atoms with Crippen molar-refractivity contribution >= 4 is 5.95 Å². The molecule has 0 aliphatic carbocycles. The first-order chi connectivity index (χ1) is 9.88. The number of ether oxygens (including phenoxy) is 2. The molecule has 0 radical (unpaired) electrons. The van der Waals surface area contributed by atoms with Gasteiger partial charge in [-0.2, -0.15) is 0 Å². The van der Waals surface area contributed by atoms with E-state index in [4.69, 9.17) is 9.47 Å². The SMILES string of the molecule is COCCCn1ccnc1NC1COc2ccccc21. The Bertz CT molecular complexity index is 568. The van der Waals surface area contributed by atoms with Gasteiger partial charge < -0.3 is 19.4 Å². The summed E-state index contributed by atoms with van der Waals surface area (Å²) in [7, 11) is 1.72. The summed E-state index contributed by atoms with van der Waals surface area (Å²) in [5.74, 6) is 1.84. The zero-order chi connectivity index (χ0) is 13.8. The van der Waals surface area contributed by atoms with E-state index in [0.717, 1.165) is 31.3 Å². The van der Waals surface area contributed by atoms with Gasteiger partial charge in [-0.25, -0.2) is 4.98 Å². The molecule has 1 aliphatic rings. The lowest BCUT2D eigenvalue weighted by atomic mass is 10.1. The Morgan fingerprint density at radius 3 is 3.25 bits per heavy atom. The molecule has 0 amide bonds. The smallest absolute Gasteiger partial charge is 0.203 e. The van der Waals surface area contributed by atoms with Crippen LogP contribution in [0.5, 0.6) is 5.75 Å². The predicted molar refractivity (Wildman–Crippen MR) is 77.0 cm³/mol. The van der Waals surface area contributed by atoms with Gasteiger partial charge in [0.25, 0.3) is 0 Å². The second-order valence-corrected chi connectivity index (χ2v) is 4.84. The van der Waals surface area contributed by atoms with Crippen LogP contribution in [0.3, 0.4) is 0 Å². The first-order valence-corrected chi connectivity index (χ1v) is 6.87. The summed E-state index contributed by atoms with van der Waals surface area (Å²) in [6.07, 6.45) is 4.77. The largest absolute Gasteiger partial charge is 0.491 e.